The van der Waals surface area contributed by atoms with Crippen LogP contribution in [0, 0.1) is 11.8 Å². The standard InChI is InChI=1S/C16H24N2O3/c1-10(2)16(20)9-18(8-11(16)3)15(19)14-12-6-4-5-7-13(12)17-21-14/h10-11,20H,4-9H2,1-3H3/t11-,16-/m1/s1. The van der Waals surface area contributed by atoms with Crippen molar-refractivity contribution < 1.29 is 14.4 Å². The van der Waals surface area contributed by atoms with Gasteiger partial charge in [0, 0.05) is 18.0 Å². The van der Waals surface area contributed by atoms with Crippen LogP contribution in [-0.4, -0.2) is 39.8 Å². The van der Waals surface area contributed by atoms with Crippen molar-refractivity contribution in [1.29, 1.82) is 0 Å². The maximum Gasteiger partial charge on any atom is 0.292 e. The minimum atomic E-state index is -0.810. The third-order valence-electron chi connectivity index (χ3n) is 5.23. The first-order chi connectivity index (χ1) is 9.93. The maximum absolute atomic E-state index is 12.7. The SMILES string of the molecule is CC(C)[C@]1(O)CN(C(=O)c2onc3c2CCCC3)C[C@H]1C. The van der Waals surface area contributed by atoms with Crippen LogP contribution in [0.4, 0.5) is 0 Å². The molecule has 5 heteroatoms. The lowest BCUT2D eigenvalue weighted by Crippen LogP contribution is -2.43. The smallest absolute Gasteiger partial charge is 0.292 e. The number of aromatic nitrogens is 1. The lowest BCUT2D eigenvalue weighted by Gasteiger charge is -2.30. The van der Waals surface area contributed by atoms with Gasteiger partial charge in [-0.05, 0) is 31.6 Å². The quantitative estimate of drug-likeness (QED) is 0.905. The number of β-amino-alcohol motifs (C(OH)–C–C–N with tert-alkyl or cyclic N) is 1. The summed E-state index contributed by atoms with van der Waals surface area (Å²) in [6.45, 7) is 6.95. The van der Waals surface area contributed by atoms with Crippen LogP contribution >= 0.6 is 0 Å². The van der Waals surface area contributed by atoms with Gasteiger partial charge in [0.05, 0.1) is 17.8 Å². The Bertz CT molecular complexity index is 552. The molecular formula is C16H24N2O3. The molecule has 5 nitrogen and oxygen atoms in total. The van der Waals surface area contributed by atoms with Crippen LogP contribution in [0.3, 0.4) is 0 Å². The molecule has 1 saturated heterocycles. The molecule has 0 aromatic carbocycles. The number of aryl methyl sites for hydroxylation is 1. The molecule has 2 aliphatic rings. The Morgan fingerprint density at radius 3 is 2.81 bits per heavy atom. The summed E-state index contributed by atoms with van der Waals surface area (Å²) in [4.78, 5) is 14.4. The Kier molecular flexibility index (Phi) is 3.56. The van der Waals surface area contributed by atoms with Crippen LogP contribution in [0.25, 0.3) is 0 Å². The average molecular weight is 292 g/mol. The van der Waals surface area contributed by atoms with E-state index in [-0.39, 0.29) is 17.7 Å². The fourth-order valence-electron chi connectivity index (χ4n) is 3.62. The summed E-state index contributed by atoms with van der Waals surface area (Å²) in [5.41, 5.74) is 1.12. The van der Waals surface area contributed by atoms with Gasteiger partial charge in [0.1, 0.15) is 0 Å². The van der Waals surface area contributed by atoms with Gasteiger partial charge in [-0.3, -0.25) is 4.79 Å². The van der Waals surface area contributed by atoms with Gasteiger partial charge in [-0.1, -0.05) is 25.9 Å². The molecule has 1 N–H and O–H groups in total. The van der Waals surface area contributed by atoms with Gasteiger partial charge < -0.3 is 14.5 Å². The van der Waals surface area contributed by atoms with E-state index >= 15 is 0 Å². The summed E-state index contributed by atoms with van der Waals surface area (Å²) in [7, 11) is 0. The first kappa shape index (κ1) is 14.6. The molecule has 0 unspecified atom stereocenters. The number of carbonyl (C=O) groups is 1. The molecule has 1 aliphatic heterocycles. The zero-order valence-electron chi connectivity index (χ0n) is 13.1. The van der Waals surface area contributed by atoms with E-state index in [1.807, 2.05) is 20.8 Å². The van der Waals surface area contributed by atoms with E-state index in [4.69, 9.17) is 4.52 Å². The Labute approximate surface area is 125 Å². The summed E-state index contributed by atoms with van der Waals surface area (Å²) < 4.78 is 5.33. The monoisotopic (exact) mass is 292 g/mol. The van der Waals surface area contributed by atoms with Crippen molar-refractivity contribution in [2.45, 2.75) is 52.1 Å². The van der Waals surface area contributed by atoms with Crippen molar-refractivity contribution in [2.75, 3.05) is 13.1 Å². The lowest BCUT2D eigenvalue weighted by atomic mass is 9.82. The number of hydrogen-bond acceptors (Lipinski definition) is 4. The van der Waals surface area contributed by atoms with Gasteiger partial charge in [-0.25, -0.2) is 0 Å². The highest BCUT2D eigenvalue weighted by atomic mass is 16.5. The zero-order chi connectivity index (χ0) is 15.2. The predicted octanol–water partition coefficient (Wildman–Crippen LogP) is 2.03. The molecule has 1 fully saturated rings. The lowest BCUT2D eigenvalue weighted by molar-refractivity contribution is -0.0245. The molecule has 21 heavy (non-hydrogen) atoms. The third kappa shape index (κ3) is 2.27. The number of hydrogen-bond donors (Lipinski definition) is 1. The van der Waals surface area contributed by atoms with Crippen LogP contribution < -0.4 is 0 Å². The molecule has 1 aromatic rings. The van der Waals surface area contributed by atoms with E-state index in [1.54, 1.807) is 4.90 Å². The van der Waals surface area contributed by atoms with Gasteiger partial charge in [-0.15, -0.1) is 0 Å². The predicted molar refractivity (Wildman–Crippen MR) is 78.0 cm³/mol. The zero-order valence-corrected chi connectivity index (χ0v) is 13.1. The highest BCUT2D eigenvalue weighted by Gasteiger charge is 2.47. The van der Waals surface area contributed by atoms with E-state index in [0.717, 1.165) is 36.9 Å². The second-order valence-corrected chi connectivity index (χ2v) is 6.88. The van der Waals surface area contributed by atoms with Gasteiger partial charge in [0.25, 0.3) is 5.91 Å². The summed E-state index contributed by atoms with van der Waals surface area (Å²) in [6, 6.07) is 0. The topological polar surface area (TPSA) is 66.6 Å². The van der Waals surface area contributed by atoms with E-state index < -0.39 is 5.60 Å². The summed E-state index contributed by atoms with van der Waals surface area (Å²) in [5, 5.41) is 14.8. The van der Waals surface area contributed by atoms with Crippen molar-refractivity contribution >= 4 is 5.91 Å². The van der Waals surface area contributed by atoms with E-state index in [0.29, 0.717) is 18.8 Å². The largest absolute Gasteiger partial charge is 0.387 e. The fraction of sp³-hybridized carbons (Fsp3) is 0.750. The molecule has 116 valence electrons. The van der Waals surface area contributed by atoms with E-state index in [2.05, 4.69) is 5.16 Å². The Hall–Kier alpha value is -1.36. The number of amides is 1. The number of carbonyl (C=O) groups excluding carboxylic acids is 1. The van der Waals surface area contributed by atoms with Crippen LogP contribution in [-0.2, 0) is 12.8 Å². The minimum Gasteiger partial charge on any atom is -0.387 e. The van der Waals surface area contributed by atoms with Gasteiger partial charge >= 0.3 is 0 Å². The number of aliphatic hydroxyl groups is 1. The van der Waals surface area contributed by atoms with Crippen LogP contribution in [0.5, 0.6) is 0 Å². The Balaban J connectivity index is 1.82. The molecule has 0 radical (unpaired) electrons. The van der Waals surface area contributed by atoms with Crippen LogP contribution in [0.15, 0.2) is 4.52 Å². The average Bonchev–Trinajstić information content (AvgIpc) is 3.01. The molecule has 1 aromatic heterocycles. The van der Waals surface area contributed by atoms with Gasteiger partial charge in [0.15, 0.2) is 0 Å². The first-order valence-electron chi connectivity index (χ1n) is 7.92. The number of rotatable bonds is 2. The van der Waals surface area contributed by atoms with Crippen LogP contribution in [0.1, 0.15) is 55.4 Å². The maximum atomic E-state index is 12.7. The van der Waals surface area contributed by atoms with E-state index in [1.165, 1.54) is 0 Å². The summed E-state index contributed by atoms with van der Waals surface area (Å²) in [6.07, 6.45) is 3.97. The number of likely N-dealkylation sites (tertiary alicyclic amines) is 1. The van der Waals surface area contributed by atoms with Crippen molar-refractivity contribution in [2.24, 2.45) is 11.8 Å². The second-order valence-electron chi connectivity index (χ2n) is 6.88. The molecule has 0 saturated carbocycles. The van der Waals surface area contributed by atoms with Crippen LogP contribution in [0.2, 0.25) is 0 Å². The Morgan fingerprint density at radius 1 is 1.43 bits per heavy atom. The van der Waals surface area contributed by atoms with Crippen molar-refractivity contribution in [3.8, 4) is 0 Å². The molecule has 1 amide bonds. The summed E-state index contributed by atoms with van der Waals surface area (Å²) in [5.74, 6) is 0.466. The minimum absolute atomic E-state index is 0.0696. The highest BCUT2D eigenvalue weighted by molar-refractivity contribution is 5.93. The summed E-state index contributed by atoms with van der Waals surface area (Å²) >= 11 is 0. The van der Waals surface area contributed by atoms with Crippen molar-refractivity contribution in [3.63, 3.8) is 0 Å². The molecular weight excluding hydrogens is 268 g/mol. The van der Waals surface area contributed by atoms with Crippen molar-refractivity contribution in [3.05, 3.63) is 17.0 Å². The normalized spacial score (nSPS) is 29.0. The molecule has 3 rings (SSSR count). The molecule has 0 bridgehead atoms. The van der Waals surface area contributed by atoms with Gasteiger partial charge in [-0.2, -0.15) is 0 Å². The molecule has 0 spiro atoms. The third-order valence-corrected chi connectivity index (χ3v) is 5.23. The van der Waals surface area contributed by atoms with Gasteiger partial charge in [0.2, 0.25) is 5.76 Å². The molecule has 2 atom stereocenters. The molecule has 2 heterocycles. The highest BCUT2D eigenvalue weighted by Crippen LogP contribution is 2.35. The second kappa shape index (κ2) is 5.13. The van der Waals surface area contributed by atoms with Crippen molar-refractivity contribution in [1.82, 2.24) is 10.1 Å². The Morgan fingerprint density at radius 2 is 2.14 bits per heavy atom. The van der Waals surface area contributed by atoms with E-state index in [9.17, 15) is 9.90 Å². The fourth-order valence-corrected chi connectivity index (χ4v) is 3.62. The number of fused-ring (bicyclic) bond motifs is 1. The first-order valence-corrected chi connectivity index (χ1v) is 7.92. The number of nitrogens with zero attached hydrogens (tertiary/aromatic N) is 2. The molecule has 1 aliphatic carbocycles.